The third-order valence-electron chi connectivity index (χ3n) is 2.59. The fourth-order valence-electron chi connectivity index (χ4n) is 1.19. The molecule has 92 valence electrons. The van der Waals surface area contributed by atoms with Crippen molar-refractivity contribution in [1.29, 1.82) is 0 Å². The second kappa shape index (κ2) is 6.08. The summed E-state index contributed by atoms with van der Waals surface area (Å²) in [4.78, 5) is 11.8. The summed E-state index contributed by atoms with van der Waals surface area (Å²) >= 11 is 11.7. The number of benzene rings is 1. The van der Waals surface area contributed by atoms with Gasteiger partial charge in [0.1, 0.15) is 0 Å². The van der Waals surface area contributed by atoms with Crippen LogP contribution in [0.4, 0.5) is 0 Å². The molecule has 0 radical (unpaired) electrons. The lowest BCUT2D eigenvalue weighted by Crippen LogP contribution is -2.28. The molecule has 0 spiro atoms. The number of carbonyl (C=O) groups is 1. The summed E-state index contributed by atoms with van der Waals surface area (Å²) in [5.74, 6) is 0.0461. The molecule has 1 rings (SSSR count). The van der Waals surface area contributed by atoms with Gasteiger partial charge < -0.3 is 5.32 Å². The highest BCUT2D eigenvalue weighted by atomic mass is 35.5. The molecule has 0 saturated carbocycles. The SMILES string of the molecule is C=C(C)[C@@H](C)CNC(=O)c1ccc(Cl)cc1Cl. The van der Waals surface area contributed by atoms with E-state index in [1.165, 1.54) is 0 Å². The second-order valence-electron chi connectivity index (χ2n) is 4.08. The van der Waals surface area contributed by atoms with E-state index in [9.17, 15) is 4.79 Å². The summed E-state index contributed by atoms with van der Waals surface area (Å²) in [6, 6.07) is 4.82. The van der Waals surface area contributed by atoms with Crippen LogP contribution in [0.3, 0.4) is 0 Å². The number of halogens is 2. The lowest BCUT2D eigenvalue weighted by atomic mass is 10.0. The van der Waals surface area contributed by atoms with E-state index in [2.05, 4.69) is 11.9 Å². The molecule has 17 heavy (non-hydrogen) atoms. The molecule has 1 amide bonds. The van der Waals surface area contributed by atoms with Crippen LogP contribution in [0.25, 0.3) is 0 Å². The van der Waals surface area contributed by atoms with Gasteiger partial charge in [0.15, 0.2) is 0 Å². The molecule has 0 heterocycles. The summed E-state index contributed by atoms with van der Waals surface area (Å²) in [6.45, 7) is 8.33. The molecular weight excluding hydrogens is 257 g/mol. The Bertz CT molecular complexity index is 443. The normalized spacial score (nSPS) is 12.0. The van der Waals surface area contributed by atoms with Gasteiger partial charge in [-0.3, -0.25) is 4.79 Å². The Hall–Kier alpha value is -0.990. The Kier molecular flexibility index (Phi) is 5.03. The molecule has 0 aliphatic rings. The maximum absolute atomic E-state index is 11.8. The number of carbonyl (C=O) groups excluding carboxylic acids is 1. The maximum atomic E-state index is 11.8. The highest BCUT2D eigenvalue weighted by molar-refractivity contribution is 6.36. The van der Waals surface area contributed by atoms with E-state index in [0.717, 1.165) is 5.57 Å². The lowest BCUT2D eigenvalue weighted by molar-refractivity contribution is 0.0950. The van der Waals surface area contributed by atoms with Gasteiger partial charge in [-0.2, -0.15) is 0 Å². The molecule has 4 heteroatoms. The van der Waals surface area contributed by atoms with Crippen LogP contribution in [0.2, 0.25) is 10.0 Å². The Morgan fingerprint density at radius 2 is 2.12 bits per heavy atom. The van der Waals surface area contributed by atoms with Gasteiger partial charge in [0.05, 0.1) is 10.6 Å². The first kappa shape index (κ1) is 14.1. The monoisotopic (exact) mass is 271 g/mol. The minimum atomic E-state index is -0.195. The Morgan fingerprint density at radius 1 is 1.47 bits per heavy atom. The standard InChI is InChI=1S/C13H15Cl2NO/c1-8(2)9(3)7-16-13(17)11-5-4-10(14)6-12(11)15/h4-6,9H,1,7H2,2-3H3,(H,16,17)/t9-/m0/s1. The van der Waals surface area contributed by atoms with Crippen LogP contribution in [0.1, 0.15) is 24.2 Å². The van der Waals surface area contributed by atoms with Gasteiger partial charge in [-0.05, 0) is 31.0 Å². The van der Waals surface area contributed by atoms with E-state index < -0.39 is 0 Å². The zero-order valence-corrected chi connectivity index (χ0v) is 11.4. The summed E-state index contributed by atoms with van der Waals surface area (Å²) in [6.07, 6.45) is 0. The molecule has 0 aliphatic heterocycles. The van der Waals surface area contributed by atoms with Crippen molar-refractivity contribution in [1.82, 2.24) is 5.32 Å². The third kappa shape index (κ3) is 4.06. The predicted octanol–water partition coefficient (Wildman–Crippen LogP) is 3.94. The van der Waals surface area contributed by atoms with Crippen LogP contribution < -0.4 is 5.32 Å². The van der Waals surface area contributed by atoms with Crippen molar-refractivity contribution in [2.75, 3.05) is 6.54 Å². The van der Waals surface area contributed by atoms with Gasteiger partial charge in [-0.25, -0.2) is 0 Å². The van der Waals surface area contributed by atoms with Crippen molar-refractivity contribution in [3.63, 3.8) is 0 Å². The molecule has 1 aromatic carbocycles. The molecule has 1 N–H and O–H groups in total. The summed E-state index contributed by atoms with van der Waals surface area (Å²) in [5, 5.41) is 3.69. The molecule has 1 aromatic rings. The minimum Gasteiger partial charge on any atom is -0.351 e. The highest BCUT2D eigenvalue weighted by Gasteiger charge is 2.11. The Balaban J connectivity index is 2.67. The van der Waals surface area contributed by atoms with Crippen LogP contribution in [-0.2, 0) is 0 Å². The van der Waals surface area contributed by atoms with E-state index >= 15 is 0 Å². The first-order valence-corrected chi connectivity index (χ1v) is 6.06. The molecule has 0 aromatic heterocycles. The number of hydrogen-bond acceptors (Lipinski definition) is 1. The fourth-order valence-corrected chi connectivity index (χ4v) is 1.68. The van der Waals surface area contributed by atoms with E-state index in [1.807, 2.05) is 13.8 Å². The summed E-state index contributed by atoms with van der Waals surface area (Å²) < 4.78 is 0. The van der Waals surface area contributed by atoms with Gasteiger partial charge in [-0.1, -0.05) is 42.3 Å². The second-order valence-corrected chi connectivity index (χ2v) is 4.93. The van der Waals surface area contributed by atoms with E-state index in [0.29, 0.717) is 22.2 Å². The van der Waals surface area contributed by atoms with Crippen molar-refractivity contribution in [2.45, 2.75) is 13.8 Å². The van der Waals surface area contributed by atoms with Crippen LogP contribution >= 0.6 is 23.2 Å². The van der Waals surface area contributed by atoms with Crippen LogP contribution in [0, 0.1) is 5.92 Å². The van der Waals surface area contributed by atoms with Crippen LogP contribution in [0.5, 0.6) is 0 Å². The summed E-state index contributed by atoms with van der Waals surface area (Å²) in [5.41, 5.74) is 1.47. The van der Waals surface area contributed by atoms with E-state index in [4.69, 9.17) is 23.2 Å². The third-order valence-corrected chi connectivity index (χ3v) is 3.13. The predicted molar refractivity (Wildman–Crippen MR) is 72.8 cm³/mol. The maximum Gasteiger partial charge on any atom is 0.252 e. The minimum absolute atomic E-state index is 0.195. The van der Waals surface area contributed by atoms with Crippen molar-refractivity contribution >= 4 is 29.1 Å². The molecule has 0 saturated heterocycles. The molecule has 0 bridgehead atoms. The van der Waals surface area contributed by atoms with Gasteiger partial charge in [0.25, 0.3) is 5.91 Å². The molecular formula is C13H15Cl2NO. The molecule has 0 fully saturated rings. The van der Waals surface area contributed by atoms with Gasteiger partial charge in [0, 0.05) is 11.6 Å². The topological polar surface area (TPSA) is 29.1 Å². The molecule has 0 aliphatic carbocycles. The summed E-state index contributed by atoms with van der Waals surface area (Å²) in [7, 11) is 0. The first-order valence-electron chi connectivity index (χ1n) is 5.30. The van der Waals surface area contributed by atoms with E-state index in [1.54, 1.807) is 18.2 Å². The molecule has 1 atom stereocenters. The Morgan fingerprint density at radius 3 is 2.65 bits per heavy atom. The largest absolute Gasteiger partial charge is 0.351 e. The van der Waals surface area contributed by atoms with Gasteiger partial charge in [-0.15, -0.1) is 0 Å². The average Bonchev–Trinajstić information content (AvgIpc) is 2.25. The number of amides is 1. The number of nitrogens with one attached hydrogen (secondary N) is 1. The zero-order valence-electron chi connectivity index (χ0n) is 9.89. The zero-order chi connectivity index (χ0) is 13.0. The average molecular weight is 272 g/mol. The van der Waals surface area contributed by atoms with Crippen LogP contribution in [-0.4, -0.2) is 12.5 Å². The van der Waals surface area contributed by atoms with Gasteiger partial charge >= 0.3 is 0 Å². The first-order chi connectivity index (χ1) is 7.91. The quantitative estimate of drug-likeness (QED) is 0.826. The van der Waals surface area contributed by atoms with Gasteiger partial charge in [0.2, 0.25) is 0 Å². The van der Waals surface area contributed by atoms with E-state index in [-0.39, 0.29) is 11.8 Å². The lowest BCUT2D eigenvalue weighted by Gasteiger charge is -2.12. The molecule has 0 unspecified atom stereocenters. The number of rotatable bonds is 4. The van der Waals surface area contributed by atoms with Crippen LogP contribution in [0.15, 0.2) is 30.4 Å². The smallest absolute Gasteiger partial charge is 0.252 e. The van der Waals surface area contributed by atoms with Crippen molar-refractivity contribution in [3.05, 3.63) is 46.0 Å². The highest BCUT2D eigenvalue weighted by Crippen LogP contribution is 2.20. The Labute approximate surface area is 112 Å². The number of hydrogen-bond donors (Lipinski definition) is 1. The fraction of sp³-hybridized carbons (Fsp3) is 0.308. The van der Waals surface area contributed by atoms with Crippen molar-refractivity contribution in [2.24, 2.45) is 5.92 Å². The molecule has 2 nitrogen and oxygen atoms in total. The van der Waals surface area contributed by atoms with Crippen molar-refractivity contribution in [3.8, 4) is 0 Å². The van der Waals surface area contributed by atoms with Crippen molar-refractivity contribution < 1.29 is 4.79 Å².